The minimum atomic E-state index is 0.651. The fourth-order valence-electron chi connectivity index (χ4n) is 2.97. The molecule has 2 rings (SSSR count). The second-order valence-electron chi connectivity index (χ2n) is 5.46. The lowest BCUT2D eigenvalue weighted by Crippen LogP contribution is -2.26. The predicted octanol–water partition coefficient (Wildman–Crippen LogP) is 3.80. The summed E-state index contributed by atoms with van der Waals surface area (Å²) >= 11 is 0. The van der Waals surface area contributed by atoms with Crippen LogP contribution >= 0.6 is 0 Å². The summed E-state index contributed by atoms with van der Waals surface area (Å²) in [7, 11) is 0. The van der Waals surface area contributed by atoms with Crippen LogP contribution in [0.3, 0.4) is 0 Å². The van der Waals surface area contributed by atoms with E-state index in [9.17, 15) is 0 Å². The topological polar surface area (TPSA) is 40.7 Å². The van der Waals surface area contributed by atoms with Crippen LogP contribution < -0.4 is 5.32 Å². The lowest BCUT2D eigenvalue weighted by Gasteiger charge is -2.29. The number of rotatable bonds is 4. The molecule has 3 heteroatoms. The summed E-state index contributed by atoms with van der Waals surface area (Å²) in [5.74, 6) is 0.976. The Labute approximate surface area is 104 Å². The van der Waals surface area contributed by atoms with Crippen LogP contribution in [-0.4, -0.2) is 16.2 Å². The molecule has 0 amide bonds. The van der Waals surface area contributed by atoms with Gasteiger partial charge in [0.2, 0.25) is 0 Å². The number of nitrogens with zero attached hydrogens (tertiary/aromatic N) is 1. The van der Waals surface area contributed by atoms with Crippen molar-refractivity contribution in [2.24, 2.45) is 5.92 Å². The van der Waals surface area contributed by atoms with Crippen LogP contribution in [0.5, 0.6) is 0 Å². The summed E-state index contributed by atoms with van der Waals surface area (Å²) in [4.78, 5) is 0. The first-order valence-electron chi connectivity index (χ1n) is 6.98. The maximum atomic E-state index is 4.24. The summed E-state index contributed by atoms with van der Waals surface area (Å²) in [5.41, 5.74) is 3.49. The molecule has 17 heavy (non-hydrogen) atoms. The van der Waals surface area contributed by atoms with Gasteiger partial charge >= 0.3 is 0 Å². The van der Waals surface area contributed by atoms with E-state index in [-0.39, 0.29) is 0 Å². The summed E-state index contributed by atoms with van der Waals surface area (Å²) in [6.45, 7) is 6.45. The van der Waals surface area contributed by atoms with E-state index in [1.807, 2.05) is 0 Å². The number of H-pyrrole nitrogens is 1. The van der Waals surface area contributed by atoms with Gasteiger partial charge in [-0.05, 0) is 45.4 Å². The Kier molecular flexibility index (Phi) is 4.08. The molecule has 1 aromatic heterocycles. The van der Waals surface area contributed by atoms with E-state index in [1.165, 1.54) is 44.2 Å². The zero-order chi connectivity index (χ0) is 12.3. The number of hydrogen-bond donors (Lipinski definition) is 2. The molecule has 1 fully saturated rings. The number of nitrogens with one attached hydrogen (secondary N) is 2. The van der Waals surface area contributed by atoms with Gasteiger partial charge < -0.3 is 5.32 Å². The van der Waals surface area contributed by atoms with Gasteiger partial charge in [0.05, 0.1) is 17.1 Å². The van der Waals surface area contributed by atoms with E-state index in [0.29, 0.717) is 6.04 Å². The van der Waals surface area contributed by atoms with Crippen LogP contribution in [0.2, 0.25) is 0 Å². The van der Waals surface area contributed by atoms with Crippen LogP contribution in [0.4, 0.5) is 5.69 Å². The minimum absolute atomic E-state index is 0.651. The molecule has 1 heterocycles. The molecular formula is C14H25N3. The molecule has 0 saturated heterocycles. The van der Waals surface area contributed by atoms with Crippen molar-refractivity contribution in [1.82, 2.24) is 10.2 Å². The molecule has 1 aliphatic rings. The molecule has 96 valence electrons. The lowest BCUT2D eigenvalue weighted by molar-refractivity contribution is 0.319. The normalized spacial score (nSPS) is 24.9. The maximum Gasteiger partial charge on any atom is 0.0825 e. The average molecular weight is 235 g/mol. The fourth-order valence-corrected chi connectivity index (χ4v) is 2.97. The van der Waals surface area contributed by atoms with Crippen LogP contribution in [0.25, 0.3) is 0 Å². The van der Waals surface area contributed by atoms with E-state index in [4.69, 9.17) is 0 Å². The molecule has 2 N–H and O–H groups in total. The smallest absolute Gasteiger partial charge is 0.0825 e. The molecule has 0 aliphatic heterocycles. The first-order valence-corrected chi connectivity index (χ1v) is 6.98. The number of aryl methyl sites for hydroxylation is 2. The molecule has 1 saturated carbocycles. The van der Waals surface area contributed by atoms with Crippen molar-refractivity contribution in [2.45, 2.75) is 65.3 Å². The maximum absolute atomic E-state index is 4.24. The molecule has 0 spiro atoms. The van der Waals surface area contributed by atoms with Gasteiger partial charge in [-0.1, -0.05) is 19.8 Å². The Morgan fingerprint density at radius 2 is 1.94 bits per heavy atom. The third kappa shape index (κ3) is 3.02. The Morgan fingerprint density at radius 1 is 1.24 bits per heavy atom. The highest BCUT2D eigenvalue weighted by Gasteiger charge is 2.21. The molecule has 0 aromatic carbocycles. The van der Waals surface area contributed by atoms with Crippen molar-refractivity contribution in [3.63, 3.8) is 0 Å². The standard InChI is InChI=1S/C14H25N3/c1-4-5-12-6-8-13(9-7-12)15-14-10(2)16-17-11(14)3/h12-13,15H,4-9H2,1-3H3,(H,16,17). The van der Waals surface area contributed by atoms with Gasteiger partial charge in [-0.25, -0.2) is 0 Å². The summed E-state index contributed by atoms with van der Waals surface area (Å²) in [6.07, 6.45) is 8.16. The van der Waals surface area contributed by atoms with Gasteiger partial charge in [0.1, 0.15) is 0 Å². The number of anilines is 1. The van der Waals surface area contributed by atoms with Crippen molar-refractivity contribution in [2.75, 3.05) is 5.32 Å². The molecule has 0 unspecified atom stereocenters. The van der Waals surface area contributed by atoms with Gasteiger partial charge in [0.15, 0.2) is 0 Å². The third-order valence-electron chi connectivity index (χ3n) is 4.02. The second kappa shape index (κ2) is 5.56. The van der Waals surface area contributed by atoms with Gasteiger partial charge in [-0.15, -0.1) is 0 Å². The van der Waals surface area contributed by atoms with Crippen molar-refractivity contribution >= 4 is 5.69 Å². The van der Waals surface area contributed by atoms with Crippen molar-refractivity contribution in [3.05, 3.63) is 11.4 Å². The van der Waals surface area contributed by atoms with Crippen molar-refractivity contribution in [1.29, 1.82) is 0 Å². The number of hydrogen-bond acceptors (Lipinski definition) is 2. The highest BCUT2D eigenvalue weighted by Crippen LogP contribution is 2.30. The molecular weight excluding hydrogens is 210 g/mol. The highest BCUT2D eigenvalue weighted by atomic mass is 15.2. The predicted molar refractivity (Wildman–Crippen MR) is 72.3 cm³/mol. The second-order valence-corrected chi connectivity index (χ2v) is 5.46. The largest absolute Gasteiger partial charge is 0.379 e. The van der Waals surface area contributed by atoms with Crippen molar-refractivity contribution in [3.8, 4) is 0 Å². The molecule has 0 bridgehead atoms. The Morgan fingerprint density at radius 3 is 2.47 bits per heavy atom. The van der Waals surface area contributed by atoms with Crippen LogP contribution in [0.15, 0.2) is 0 Å². The quantitative estimate of drug-likeness (QED) is 0.833. The monoisotopic (exact) mass is 235 g/mol. The molecule has 0 atom stereocenters. The van der Waals surface area contributed by atoms with E-state index in [1.54, 1.807) is 0 Å². The van der Waals surface area contributed by atoms with Crippen LogP contribution in [0.1, 0.15) is 56.8 Å². The highest BCUT2D eigenvalue weighted by molar-refractivity contribution is 5.52. The number of aromatic nitrogens is 2. The van der Waals surface area contributed by atoms with Gasteiger partial charge in [0, 0.05) is 6.04 Å². The summed E-state index contributed by atoms with van der Waals surface area (Å²) in [5, 5.41) is 10.9. The lowest BCUT2D eigenvalue weighted by atomic mass is 9.83. The fraction of sp³-hybridized carbons (Fsp3) is 0.786. The zero-order valence-electron chi connectivity index (χ0n) is 11.3. The SMILES string of the molecule is CCCC1CCC(Nc2c(C)n[nH]c2C)CC1. The minimum Gasteiger partial charge on any atom is -0.379 e. The molecule has 1 aliphatic carbocycles. The van der Waals surface area contributed by atoms with Crippen LogP contribution in [0, 0.1) is 19.8 Å². The zero-order valence-corrected chi connectivity index (χ0v) is 11.3. The van der Waals surface area contributed by atoms with Crippen LogP contribution in [-0.2, 0) is 0 Å². The van der Waals surface area contributed by atoms with Gasteiger partial charge in [-0.3, -0.25) is 5.10 Å². The average Bonchev–Trinajstić information content (AvgIpc) is 2.64. The summed E-state index contributed by atoms with van der Waals surface area (Å²) in [6, 6.07) is 0.651. The molecule has 1 aromatic rings. The molecule has 0 radical (unpaired) electrons. The number of aromatic amines is 1. The van der Waals surface area contributed by atoms with Crippen molar-refractivity contribution < 1.29 is 0 Å². The van der Waals surface area contributed by atoms with Gasteiger partial charge in [0.25, 0.3) is 0 Å². The Balaban J connectivity index is 1.86. The van der Waals surface area contributed by atoms with E-state index in [0.717, 1.165) is 17.3 Å². The molecule has 3 nitrogen and oxygen atoms in total. The van der Waals surface area contributed by atoms with E-state index in [2.05, 4.69) is 36.3 Å². The Hall–Kier alpha value is -0.990. The first-order chi connectivity index (χ1) is 8.20. The Bertz CT molecular complexity index is 329. The summed E-state index contributed by atoms with van der Waals surface area (Å²) < 4.78 is 0. The first kappa shape index (κ1) is 12.5. The van der Waals surface area contributed by atoms with E-state index < -0.39 is 0 Å². The van der Waals surface area contributed by atoms with Gasteiger partial charge in [-0.2, -0.15) is 5.10 Å². The third-order valence-corrected chi connectivity index (χ3v) is 4.02. The van der Waals surface area contributed by atoms with E-state index >= 15 is 0 Å².